The van der Waals surface area contributed by atoms with Crippen LogP contribution in [0, 0.1) is 0 Å². The highest BCUT2D eigenvalue weighted by atomic mass is 79.9. The maximum Gasteiger partial charge on any atom is 0.195 e. The molecular formula is C7H14BrN3. The molecule has 11 heavy (non-hydrogen) atoms. The van der Waals surface area contributed by atoms with Gasteiger partial charge in [0.1, 0.15) is 0 Å². The molecule has 0 atom stereocenters. The largest absolute Gasteiger partial charge is 1.00 e. The van der Waals surface area contributed by atoms with E-state index in [9.17, 15) is 0 Å². The Morgan fingerprint density at radius 1 is 1.55 bits per heavy atom. The van der Waals surface area contributed by atoms with Gasteiger partial charge in [0.2, 0.25) is 0 Å². The number of aromatic nitrogens is 2. The van der Waals surface area contributed by atoms with Crippen molar-refractivity contribution in [2.24, 2.45) is 12.8 Å². The second-order valence-electron chi connectivity index (χ2n) is 2.37. The van der Waals surface area contributed by atoms with E-state index in [0.29, 0.717) is 0 Å². The molecule has 1 aromatic heterocycles. The molecule has 0 aliphatic rings. The Bertz CT molecular complexity index is 197. The second kappa shape index (κ2) is 5.32. The smallest absolute Gasteiger partial charge is 0.195 e. The third kappa shape index (κ3) is 3.03. The van der Waals surface area contributed by atoms with Crippen molar-refractivity contribution in [3.63, 3.8) is 0 Å². The van der Waals surface area contributed by atoms with Crippen molar-refractivity contribution in [1.29, 1.82) is 0 Å². The first-order valence-electron chi connectivity index (χ1n) is 3.55. The van der Waals surface area contributed by atoms with E-state index >= 15 is 0 Å². The summed E-state index contributed by atoms with van der Waals surface area (Å²) < 4.78 is 4.18. The Labute approximate surface area is 77.6 Å². The van der Waals surface area contributed by atoms with Crippen molar-refractivity contribution in [2.75, 3.05) is 6.54 Å². The minimum atomic E-state index is 0. The van der Waals surface area contributed by atoms with Crippen molar-refractivity contribution in [3.8, 4) is 0 Å². The maximum atomic E-state index is 5.37. The first kappa shape index (κ1) is 10.7. The van der Waals surface area contributed by atoms with E-state index < -0.39 is 0 Å². The SMILES string of the molecule is C[n+]1cccn1CCCN.[Br-]. The Hall–Kier alpha value is -0.350. The number of rotatable bonds is 3. The zero-order chi connectivity index (χ0) is 7.40. The molecule has 0 amide bonds. The maximum absolute atomic E-state index is 5.37. The van der Waals surface area contributed by atoms with E-state index in [-0.39, 0.29) is 17.0 Å². The molecule has 1 rings (SSSR count). The van der Waals surface area contributed by atoms with Gasteiger partial charge in [-0.15, -0.1) is 4.68 Å². The van der Waals surface area contributed by atoms with Gasteiger partial charge in [-0.1, -0.05) is 0 Å². The number of hydrogen-bond acceptors (Lipinski definition) is 1. The van der Waals surface area contributed by atoms with E-state index in [0.717, 1.165) is 19.5 Å². The number of halogens is 1. The summed E-state index contributed by atoms with van der Waals surface area (Å²) in [6.07, 6.45) is 5.12. The summed E-state index contributed by atoms with van der Waals surface area (Å²) >= 11 is 0. The fraction of sp³-hybridized carbons (Fsp3) is 0.571. The molecule has 0 radical (unpaired) electrons. The van der Waals surface area contributed by atoms with Crippen LogP contribution in [-0.2, 0) is 13.6 Å². The van der Waals surface area contributed by atoms with E-state index in [1.54, 1.807) is 0 Å². The highest BCUT2D eigenvalue weighted by Crippen LogP contribution is 1.84. The second-order valence-corrected chi connectivity index (χ2v) is 2.37. The van der Waals surface area contributed by atoms with Crippen LogP contribution in [0.15, 0.2) is 18.5 Å². The van der Waals surface area contributed by atoms with Crippen LogP contribution >= 0.6 is 0 Å². The molecule has 64 valence electrons. The van der Waals surface area contributed by atoms with Gasteiger partial charge in [-0.25, -0.2) is 0 Å². The van der Waals surface area contributed by atoms with Crippen LogP contribution in [0.4, 0.5) is 0 Å². The van der Waals surface area contributed by atoms with E-state index in [1.165, 1.54) is 0 Å². The predicted octanol–water partition coefficient (Wildman–Crippen LogP) is -3.33. The molecule has 0 aliphatic heterocycles. The Kier molecular flexibility index (Phi) is 5.15. The minimum absolute atomic E-state index is 0. The average Bonchev–Trinajstić information content (AvgIpc) is 2.31. The zero-order valence-corrected chi connectivity index (χ0v) is 8.29. The first-order chi connectivity index (χ1) is 4.84. The summed E-state index contributed by atoms with van der Waals surface area (Å²) in [5.41, 5.74) is 5.37. The molecule has 0 spiro atoms. The van der Waals surface area contributed by atoms with Crippen LogP contribution in [0.5, 0.6) is 0 Å². The average molecular weight is 220 g/mol. The predicted molar refractivity (Wildman–Crippen MR) is 39.3 cm³/mol. The molecule has 0 aromatic carbocycles. The molecule has 0 aliphatic carbocycles. The molecule has 0 unspecified atom stereocenters. The highest BCUT2D eigenvalue weighted by molar-refractivity contribution is 4.71. The van der Waals surface area contributed by atoms with Crippen LogP contribution in [0.25, 0.3) is 0 Å². The van der Waals surface area contributed by atoms with Gasteiger partial charge >= 0.3 is 0 Å². The van der Waals surface area contributed by atoms with Crippen LogP contribution < -0.4 is 27.4 Å². The number of aryl methyl sites for hydroxylation is 2. The topological polar surface area (TPSA) is 34.8 Å². The summed E-state index contributed by atoms with van der Waals surface area (Å²) in [6, 6.07) is 2.02. The van der Waals surface area contributed by atoms with Gasteiger partial charge in [0.05, 0.1) is 12.7 Å². The molecule has 0 saturated heterocycles. The lowest BCUT2D eigenvalue weighted by Gasteiger charge is -1.96. The molecule has 0 bridgehead atoms. The quantitative estimate of drug-likeness (QED) is 0.531. The monoisotopic (exact) mass is 219 g/mol. The van der Waals surface area contributed by atoms with Gasteiger partial charge in [0.25, 0.3) is 0 Å². The number of nitrogens with zero attached hydrogens (tertiary/aromatic N) is 2. The summed E-state index contributed by atoms with van der Waals surface area (Å²) in [6.45, 7) is 1.78. The van der Waals surface area contributed by atoms with Crippen LogP contribution in [0.3, 0.4) is 0 Å². The number of hydrogen-bond donors (Lipinski definition) is 1. The fourth-order valence-corrected chi connectivity index (χ4v) is 0.939. The Morgan fingerprint density at radius 2 is 2.27 bits per heavy atom. The summed E-state index contributed by atoms with van der Waals surface area (Å²) in [7, 11) is 2.02. The van der Waals surface area contributed by atoms with Crippen molar-refractivity contribution in [2.45, 2.75) is 13.0 Å². The molecule has 0 fully saturated rings. The van der Waals surface area contributed by atoms with Gasteiger partial charge in [0, 0.05) is 6.07 Å². The Balaban J connectivity index is 0.000001000. The molecule has 3 nitrogen and oxygen atoms in total. The van der Waals surface area contributed by atoms with Gasteiger partial charge in [0.15, 0.2) is 13.2 Å². The molecule has 0 saturated carbocycles. The fourth-order valence-electron chi connectivity index (χ4n) is 0.939. The van der Waals surface area contributed by atoms with Gasteiger partial charge in [-0.05, 0) is 13.0 Å². The summed E-state index contributed by atoms with van der Waals surface area (Å²) in [4.78, 5) is 0. The summed E-state index contributed by atoms with van der Waals surface area (Å²) in [5.74, 6) is 0. The van der Waals surface area contributed by atoms with E-state index in [2.05, 4.69) is 15.6 Å². The lowest BCUT2D eigenvalue weighted by atomic mass is 10.4. The molecular weight excluding hydrogens is 206 g/mol. The standard InChI is InChI=1S/C7H14N3.BrH/c1-9-5-3-7-10(9)6-2-4-8;/h3,5,7H,2,4,6,8H2,1H3;1H/q+1;/p-1. The lowest BCUT2D eigenvalue weighted by molar-refractivity contribution is -0.753. The van der Waals surface area contributed by atoms with Gasteiger partial charge in [-0.3, -0.25) is 0 Å². The third-order valence-corrected chi connectivity index (χ3v) is 1.56. The highest BCUT2D eigenvalue weighted by Gasteiger charge is 1.98. The molecule has 2 N–H and O–H groups in total. The minimum Gasteiger partial charge on any atom is -1.00 e. The van der Waals surface area contributed by atoms with Crippen molar-refractivity contribution in [3.05, 3.63) is 18.5 Å². The zero-order valence-electron chi connectivity index (χ0n) is 6.70. The van der Waals surface area contributed by atoms with Crippen molar-refractivity contribution < 1.29 is 21.7 Å². The van der Waals surface area contributed by atoms with Gasteiger partial charge < -0.3 is 22.7 Å². The van der Waals surface area contributed by atoms with Crippen molar-refractivity contribution in [1.82, 2.24) is 4.68 Å². The Morgan fingerprint density at radius 3 is 2.73 bits per heavy atom. The van der Waals surface area contributed by atoms with Crippen LogP contribution in [0.1, 0.15) is 6.42 Å². The third-order valence-electron chi connectivity index (χ3n) is 1.56. The molecule has 1 heterocycles. The lowest BCUT2D eigenvalue weighted by Crippen LogP contribution is -3.00. The first-order valence-corrected chi connectivity index (χ1v) is 3.55. The van der Waals surface area contributed by atoms with Crippen LogP contribution in [0.2, 0.25) is 0 Å². The van der Waals surface area contributed by atoms with E-state index in [1.807, 2.05) is 19.3 Å². The molecule has 1 aromatic rings. The summed E-state index contributed by atoms with van der Waals surface area (Å²) in [5, 5.41) is 0. The van der Waals surface area contributed by atoms with E-state index in [4.69, 9.17) is 5.73 Å². The van der Waals surface area contributed by atoms with Crippen molar-refractivity contribution >= 4 is 0 Å². The van der Waals surface area contributed by atoms with Crippen LogP contribution in [-0.4, -0.2) is 11.2 Å². The number of nitrogens with two attached hydrogens (primary N) is 1. The normalized spacial score (nSPS) is 9.27. The van der Waals surface area contributed by atoms with Gasteiger partial charge in [-0.2, -0.15) is 4.68 Å². The molecule has 4 heteroatoms.